The Bertz CT molecular complexity index is 1380. The van der Waals surface area contributed by atoms with Crippen molar-refractivity contribution in [3.63, 3.8) is 0 Å². The summed E-state index contributed by atoms with van der Waals surface area (Å²) in [5, 5.41) is 0. The van der Waals surface area contributed by atoms with Crippen LogP contribution in [0.25, 0.3) is 16.7 Å². The lowest BCUT2D eigenvalue weighted by atomic mass is 9.96. The van der Waals surface area contributed by atoms with Gasteiger partial charge in [0.2, 0.25) is 5.95 Å². The van der Waals surface area contributed by atoms with Gasteiger partial charge in [0.25, 0.3) is 0 Å². The monoisotopic (exact) mass is 473 g/mol. The van der Waals surface area contributed by atoms with E-state index in [0.29, 0.717) is 12.5 Å². The van der Waals surface area contributed by atoms with Gasteiger partial charge in [-0.3, -0.25) is 0 Å². The predicted octanol–water partition coefficient (Wildman–Crippen LogP) is 6.69. The van der Waals surface area contributed by atoms with E-state index in [1.54, 1.807) is 0 Å². The molecule has 0 bridgehead atoms. The molecule has 0 unspecified atom stereocenters. The number of hydrogen-bond donors (Lipinski definition) is 1. The normalized spacial score (nSPS) is 11.0. The minimum Gasteiger partial charge on any atom is -0.368 e. The van der Waals surface area contributed by atoms with Gasteiger partial charge in [-0.15, -0.1) is 0 Å². The standard InChI is InChI=1S/C31H31N5/c32-31-34-28(29-30(35-31)36(23-33-29)22-24-14-6-3-7-15-24)21-13-2-1-12-20-27(25-16-8-4-9-17-25)26-18-10-5-11-19-26/h3-11,14-20,23H,1-2,12-13,21-22H2,(H2,32,34,35). The number of nitrogen functional groups attached to an aromatic ring is 1. The van der Waals surface area contributed by atoms with Crippen LogP contribution in [0.4, 0.5) is 5.95 Å². The zero-order chi connectivity index (χ0) is 24.6. The Labute approximate surface area is 212 Å². The third-order valence-electron chi connectivity index (χ3n) is 6.38. The largest absolute Gasteiger partial charge is 0.368 e. The Balaban J connectivity index is 1.22. The second-order valence-electron chi connectivity index (χ2n) is 9.01. The fourth-order valence-electron chi connectivity index (χ4n) is 4.59. The molecule has 2 N–H and O–H groups in total. The Morgan fingerprint density at radius 1 is 0.750 bits per heavy atom. The number of allylic oxidation sites excluding steroid dienone is 1. The van der Waals surface area contributed by atoms with Crippen molar-refractivity contribution in [2.75, 3.05) is 5.73 Å². The van der Waals surface area contributed by atoms with Crippen molar-refractivity contribution < 1.29 is 0 Å². The molecule has 5 rings (SSSR count). The predicted molar refractivity (Wildman–Crippen MR) is 147 cm³/mol. The number of unbranched alkanes of at least 4 members (excludes halogenated alkanes) is 3. The molecular weight excluding hydrogens is 442 g/mol. The maximum Gasteiger partial charge on any atom is 0.222 e. The first kappa shape index (κ1) is 23.5. The summed E-state index contributed by atoms with van der Waals surface area (Å²) >= 11 is 0. The Morgan fingerprint density at radius 2 is 1.39 bits per heavy atom. The van der Waals surface area contributed by atoms with Crippen LogP contribution in [0, 0.1) is 0 Å². The number of benzene rings is 3. The van der Waals surface area contributed by atoms with Gasteiger partial charge in [-0.25, -0.2) is 9.97 Å². The minimum atomic E-state index is 0.311. The number of anilines is 1. The second kappa shape index (κ2) is 11.5. The summed E-state index contributed by atoms with van der Waals surface area (Å²) < 4.78 is 2.05. The van der Waals surface area contributed by atoms with Gasteiger partial charge in [0, 0.05) is 0 Å². The third kappa shape index (κ3) is 5.69. The highest BCUT2D eigenvalue weighted by atomic mass is 15.1. The van der Waals surface area contributed by atoms with E-state index in [0.717, 1.165) is 49.0 Å². The Kier molecular flexibility index (Phi) is 7.47. The SMILES string of the molecule is Nc1nc(CCCCCC=C(c2ccccc2)c2ccccc2)c2ncn(Cc3ccccc3)c2n1. The van der Waals surface area contributed by atoms with E-state index >= 15 is 0 Å². The van der Waals surface area contributed by atoms with Crippen molar-refractivity contribution in [3.05, 3.63) is 126 Å². The summed E-state index contributed by atoms with van der Waals surface area (Å²) in [5.74, 6) is 0.311. The van der Waals surface area contributed by atoms with Crippen LogP contribution in [0.2, 0.25) is 0 Å². The van der Waals surface area contributed by atoms with Crippen molar-refractivity contribution in [1.82, 2.24) is 19.5 Å². The Morgan fingerprint density at radius 3 is 2.06 bits per heavy atom. The molecule has 5 nitrogen and oxygen atoms in total. The molecule has 0 atom stereocenters. The Hall–Kier alpha value is -4.25. The van der Waals surface area contributed by atoms with Crippen LogP contribution >= 0.6 is 0 Å². The number of aryl methyl sites for hydroxylation is 1. The molecule has 0 amide bonds. The van der Waals surface area contributed by atoms with E-state index in [-0.39, 0.29) is 0 Å². The van der Waals surface area contributed by atoms with Crippen molar-refractivity contribution in [1.29, 1.82) is 0 Å². The van der Waals surface area contributed by atoms with E-state index in [2.05, 4.69) is 93.8 Å². The molecule has 0 radical (unpaired) electrons. The van der Waals surface area contributed by atoms with Gasteiger partial charge < -0.3 is 10.3 Å². The first-order chi connectivity index (χ1) is 17.8. The van der Waals surface area contributed by atoms with Gasteiger partial charge in [-0.2, -0.15) is 4.98 Å². The maximum absolute atomic E-state index is 6.07. The molecule has 0 saturated carbocycles. The van der Waals surface area contributed by atoms with Gasteiger partial charge >= 0.3 is 0 Å². The summed E-state index contributed by atoms with van der Waals surface area (Å²) in [6, 6.07) is 31.6. The zero-order valence-electron chi connectivity index (χ0n) is 20.4. The van der Waals surface area contributed by atoms with Crippen LogP contribution in [0.5, 0.6) is 0 Å². The highest BCUT2D eigenvalue weighted by Crippen LogP contribution is 2.25. The second-order valence-corrected chi connectivity index (χ2v) is 9.01. The molecular formula is C31H31N5. The van der Waals surface area contributed by atoms with E-state index in [9.17, 15) is 0 Å². The number of rotatable bonds is 10. The fraction of sp³-hybridized carbons (Fsp3) is 0.194. The summed E-state index contributed by atoms with van der Waals surface area (Å²) in [5.41, 5.74) is 13.7. The lowest BCUT2D eigenvalue weighted by Crippen LogP contribution is -2.04. The van der Waals surface area contributed by atoms with Crippen LogP contribution < -0.4 is 5.73 Å². The lowest BCUT2D eigenvalue weighted by Gasteiger charge is -2.09. The molecule has 36 heavy (non-hydrogen) atoms. The van der Waals surface area contributed by atoms with Gasteiger partial charge in [0.1, 0.15) is 5.52 Å². The topological polar surface area (TPSA) is 69.6 Å². The molecule has 5 aromatic rings. The number of aromatic nitrogens is 4. The third-order valence-corrected chi connectivity index (χ3v) is 6.38. The van der Waals surface area contributed by atoms with E-state index in [1.165, 1.54) is 22.3 Å². The van der Waals surface area contributed by atoms with Gasteiger partial charge in [-0.1, -0.05) is 103 Å². The summed E-state index contributed by atoms with van der Waals surface area (Å²) in [7, 11) is 0. The highest BCUT2D eigenvalue weighted by molar-refractivity contribution is 5.79. The van der Waals surface area contributed by atoms with Crippen molar-refractivity contribution in [3.8, 4) is 0 Å². The van der Waals surface area contributed by atoms with E-state index in [1.807, 2.05) is 29.1 Å². The average molecular weight is 474 g/mol. The molecule has 2 aromatic heterocycles. The molecule has 3 aromatic carbocycles. The number of imidazole rings is 1. The molecule has 2 heterocycles. The average Bonchev–Trinajstić information content (AvgIpc) is 3.32. The smallest absolute Gasteiger partial charge is 0.222 e. The fourth-order valence-corrected chi connectivity index (χ4v) is 4.59. The number of fused-ring (bicyclic) bond motifs is 1. The zero-order valence-corrected chi connectivity index (χ0v) is 20.4. The van der Waals surface area contributed by atoms with E-state index < -0.39 is 0 Å². The van der Waals surface area contributed by atoms with Gasteiger partial charge in [0.05, 0.1) is 18.6 Å². The van der Waals surface area contributed by atoms with Crippen LogP contribution in [0.15, 0.2) is 103 Å². The minimum absolute atomic E-state index is 0.311. The summed E-state index contributed by atoms with van der Waals surface area (Å²) in [6.45, 7) is 0.713. The van der Waals surface area contributed by atoms with Crippen molar-refractivity contribution in [2.45, 2.75) is 38.6 Å². The van der Waals surface area contributed by atoms with Gasteiger partial charge in [0.15, 0.2) is 5.65 Å². The molecule has 0 aliphatic rings. The van der Waals surface area contributed by atoms with Gasteiger partial charge in [-0.05, 0) is 47.9 Å². The molecule has 0 saturated heterocycles. The number of hydrogen-bond acceptors (Lipinski definition) is 4. The van der Waals surface area contributed by atoms with Crippen LogP contribution in [-0.4, -0.2) is 19.5 Å². The molecule has 0 spiro atoms. The first-order valence-electron chi connectivity index (χ1n) is 12.6. The van der Waals surface area contributed by atoms with E-state index in [4.69, 9.17) is 5.73 Å². The van der Waals surface area contributed by atoms with Crippen molar-refractivity contribution >= 4 is 22.7 Å². The number of nitrogens with zero attached hydrogens (tertiary/aromatic N) is 4. The lowest BCUT2D eigenvalue weighted by molar-refractivity contribution is 0.681. The maximum atomic E-state index is 6.07. The molecule has 0 aliphatic heterocycles. The molecule has 0 aliphatic carbocycles. The van der Waals surface area contributed by atoms with Crippen LogP contribution in [0.3, 0.4) is 0 Å². The first-order valence-corrected chi connectivity index (χ1v) is 12.6. The van der Waals surface area contributed by atoms with Crippen molar-refractivity contribution in [2.24, 2.45) is 0 Å². The summed E-state index contributed by atoms with van der Waals surface area (Å²) in [6.07, 6.45) is 9.37. The highest BCUT2D eigenvalue weighted by Gasteiger charge is 2.12. The molecule has 0 fully saturated rings. The van der Waals surface area contributed by atoms with Crippen LogP contribution in [-0.2, 0) is 13.0 Å². The quantitative estimate of drug-likeness (QED) is 0.229. The number of nitrogens with two attached hydrogens (primary N) is 1. The molecule has 180 valence electrons. The molecule has 5 heteroatoms. The summed E-state index contributed by atoms with van der Waals surface area (Å²) in [4.78, 5) is 13.6. The van der Waals surface area contributed by atoms with Crippen LogP contribution in [0.1, 0.15) is 48.1 Å².